The van der Waals surface area contributed by atoms with Gasteiger partial charge in [-0.15, -0.1) is 0 Å². The van der Waals surface area contributed by atoms with Crippen molar-refractivity contribution < 1.29 is 9.84 Å². The molecule has 17 heavy (non-hydrogen) atoms. The van der Waals surface area contributed by atoms with E-state index in [0.717, 1.165) is 11.3 Å². The highest BCUT2D eigenvalue weighted by molar-refractivity contribution is 5.43. The van der Waals surface area contributed by atoms with Crippen LogP contribution < -0.4 is 10.1 Å². The molecule has 3 heteroatoms. The summed E-state index contributed by atoms with van der Waals surface area (Å²) >= 11 is 0. The number of methoxy groups -OCH3 is 1. The zero-order chi connectivity index (χ0) is 13.1. The number of ether oxygens (including phenoxy) is 1. The van der Waals surface area contributed by atoms with Gasteiger partial charge in [-0.2, -0.15) is 0 Å². The Balaban J connectivity index is 2.90. The van der Waals surface area contributed by atoms with Gasteiger partial charge >= 0.3 is 0 Å². The predicted molar refractivity (Wildman–Crippen MR) is 70.5 cm³/mol. The maximum Gasteiger partial charge on any atom is 0.123 e. The van der Waals surface area contributed by atoms with E-state index in [0.29, 0.717) is 6.54 Å². The number of nitrogens with one attached hydrogen (secondary N) is 1. The van der Waals surface area contributed by atoms with Crippen LogP contribution in [0.15, 0.2) is 12.1 Å². The average Bonchev–Trinajstić information content (AvgIpc) is 2.26. The molecule has 0 atom stereocenters. The van der Waals surface area contributed by atoms with Gasteiger partial charge < -0.3 is 15.2 Å². The Morgan fingerprint density at radius 2 is 1.94 bits per heavy atom. The lowest BCUT2D eigenvalue weighted by molar-refractivity contribution is 0.187. The molecule has 3 nitrogen and oxygen atoms in total. The third kappa shape index (κ3) is 3.72. The van der Waals surface area contributed by atoms with Crippen molar-refractivity contribution in [2.24, 2.45) is 0 Å². The molecule has 1 rings (SSSR count). The fraction of sp³-hybridized carbons (Fsp3) is 0.571. The van der Waals surface area contributed by atoms with Gasteiger partial charge in [0.2, 0.25) is 0 Å². The van der Waals surface area contributed by atoms with Crippen molar-refractivity contribution in [2.75, 3.05) is 13.7 Å². The Labute approximate surface area is 104 Å². The smallest absolute Gasteiger partial charge is 0.123 e. The molecular weight excluding hydrogens is 214 g/mol. The first kappa shape index (κ1) is 14.0. The van der Waals surface area contributed by atoms with Crippen molar-refractivity contribution in [1.29, 1.82) is 0 Å². The minimum absolute atomic E-state index is 0.111. The fourth-order valence-electron chi connectivity index (χ4n) is 1.75. The molecule has 0 saturated carbocycles. The third-order valence-corrected chi connectivity index (χ3v) is 2.94. The van der Waals surface area contributed by atoms with Crippen molar-refractivity contribution in [2.45, 2.75) is 39.8 Å². The predicted octanol–water partition coefficient (Wildman–Crippen LogP) is 2.17. The molecule has 96 valence electrons. The van der Waals surface area contributed by atoms with Gasteiger partial charge in [0, 0.05) is 17.6 Å². The summed E-state index contributed by atoms with van der Waals surface area (Å²) in [5.41, 5.74) is 3.29. The van der Waals surface area contributed by atoms with Gasteiger partial charge in [-0.25, -0.2) is 0 Å². The van der Waals surface area contributed by atoms with Crippen LogP contribution >= 0.6 is 0 Å². The molecule has 0 radical (unpaired) electrons. The molecular formula is C14H23NO2. The molecule has 0 saturated heterocycles. The summed E-state index contributed by atoms with van der Waals surface area (Å²) < 4.78 is 5.40. The molecule has 0 bridgehead atoms. The molecule has 1 aromatic carbocycles. The van der Waals surface area contributed by atoms with Gasteiger partial charge in [0.1, 0.15) is 5.75 Å². The molecule has 1 aromatic rings. The number of hydrogen-bond donors (Lipinski definition) is 2. The molecule has 0 aliphatic heterocycles. The highest BCUT2D eigenvalue weighted by Crippen LogP contribution is 2.24. The number of aliphatic hydroxyl groups is 1. The Morgan fingerprint density at radius 1 is 1.29 bits per heavy atom. The van der Waals surface area contributed by atoms with E-state index < -0.39 is 0 Å². The largest absolute Gasteiger partial charge is 0.496 e. The van der Waals surface area contributed by atoms with Gasteiger partial charge in [-0.1, -0.05) is 6.07 Å². The lowest BCUT2D eigenvalue weighted by atomic mass is 10.0. The van der Waals surface area contributed by atoms with Gasteiger partial charge in [-0.3, -0.25) is 0 Å². The third-order valence-electron chi connectivity index (χ3n) is 2.94. The summed E-state index contributed by atoms with van der Waals surface area (Å²) in [6, 6.07) is 4.18. The molecule has 2 N–H and O–H groups in total. The monoisotopic (exact) mass is 237 g/mol. The molecule has 0 unspecified atom stereocenters. The van der Waals surface area contributed by atoms with E-state index >= 15 is 0 Å². The second-order valence-corrected chi connectivity index (χ2v) is 5.16. The second kappa shape index (κ2) is 5.52. The van der Waals surface area contributed by atoms with E-state index in [-0.39, 0.29) is 12.1 Å². The van der Waals surface area contributed by atoms with Crippen molar-refractivity contribution in [3.8, 4) is 5.75 Å². The normalized spacial score (nSPS) is 11.6. The molecule has 0 aromatic heterocycles. The van der Waals surface area contributed by atoms with Crippen LogP contribution in [0, 0.1) is 13.8 Å². The van der Waals surface area contributed by atoms with E-state index in [9.17, 15) is 5.11 Å². The first-order valence-corrected chi connectivity index (χ1v) is 5.89. The van der Waals surface area contributed by atoms with Gasteiger partial charge in [0.15, 0.2) is 0 Å². The molecule has 0 aliphatic carbocycles. The summed E-state index contributed by atoms with van der Waals surface area (Å²) in [5, 5.41) is 12.5. The van der Waals surface area contributed by atoms with Crippen molar-refractivity contribution in [1.82, 2.24) is 5.32 Å². The van der Waals surface area contributed by atoms with E-state index in [2.05, 4.69) is 25.2 Å². The maximum absolute atomic E-state index is 9.22. The minimum Gasteiger partial charge on any atom is -0.496 e. The van der Waals surface area contributed by atoms with Crippen LogP contribution in [-0.4, -0.2) is 24.4 Å². The minimum atomic E-state index is -0.275. The fourth-order valence-corrected chi connectivity index (χ4v) is 1.75. The molecule has 0 aliphatic rings. The summed E-state index contributed by atoms with van der Waals surface area (Å²) in [5.74, 6) is 0.906. The Morgan fingerprint density at radius 3 is 2.47 bits per heavy atom. The van der Waals surface area contributed by atoms with Crippen molar-refractivity contribution in [3.05, 3.63) is 28.8 Å². The molecule has 0 amide bonds. The van der Waals surface area contributed by atoms with E-state index in [1.54, 1.807) is 7.11 Å². The van der Waals surface area contributed by atoms with Crippen LogP contribution in [0.4, 0.5) is 0 Å². The number of aliphatic hydroxyl groups excluding tert-OH is 1. The number of hydrogen-bond acceptors (Lipinski definition) is 3. The lowest BCUT2D eigenvalue weighted by Gasteiger charge is -2.25. The van der Waals surface area contributed by atoms with Crippen LogP contribution in [0.3, 0.4) is 0 Å². The van der Waals surface area contributed by atoms with E-state index in [4.69, 9.17) is 4.74 Å². The summed E-state index contributed by atoms with van der Waals surface area (Å²) in [6.07, 6.45) is 0. The van der Waals surface area contributed by atoms with Crippen molar-refractivity contribution in [3.63, 3.8) is 0 Å². The van der Waals surface area contributed by atoms with Gasteiger partial charge in [0.05, 0.1) is 13.7 Å². The summed E-state index contributed by atoms with van der Waals surface area (Å²) in [6.45, 7) is 8.90. The quantitative estimate of drug-likeness (QED) is 0.824. The van der Waals surface area contributed by atoms with Crippen LogP contribution in [0.2, 0.25) is 0 Å². The highest BCUT2D eigenvalue weighted by Gasteiger charge is 2.17. The maximum atomic E-state index is 9.22. The Hall–Kier alpha value is -1.06. The van der Waals surface area contributed by atoms with E-state index in [1.165, 1.54) is 11.1 Å². The van der Waals surface area contributed by atoms with Gasteiger partial charge in [0.25, 0.3) is 0 Å². The molecule has 0 heterocycles. The first-order valence-electron chi connectivity index (χ1n) is 5.89. The highest BCUT2D eigenvalue weighted by atomic mass is 16.5. The molecule has 0 spiro atoms. The molecule has 0 fully saturated rings. The summed E-state index contributed by atoms with van der Waals surface area (Å²) in [4.78, 5) is 0. The number of aryl methyl sites for hydroxylation is 2. The standard InChI is InChI=1S/C14H23NO2/c1-10-6-11(2)12(13(7-10)17-5)8-15-14(3,4)9-16/h6-7,15-16H,8-9H2,1-5H3. The Bertz CT molecular complexity index is 386. The second-order valence-electron chi connectivity index (χ2n) is 5.16. The Kier molecular flexibility index (Phi) is 4.54. The van der Waals surface area contributed by atoms with Crippen LogP contribution in [0.25, 0.3) is 0 Å². The zero-order valence-electron chi connectivity index (χ0n) is 11.4. The van der Waals surface area contributed by atoms with Crippen molar-refractivity contribution >= 4 is 0 Å². The number of rotatable bonds is 5. The average molecular weight is 237 g/mol. The number of benzene rings is 1. The van der Waals surface area contributed by atoms with Crippen LogP contribution in [-0.2, 0) is 6.54 Å². The zero-order valence-corrected chi connectivity index (χ0v) is 11.4. The summed E-state index contributed by atoms with van der Waals surface area (Å²) in [7, 11) is 1.69. The SMILES string of the molecule is COc1cc(C)cc(C)c1CNC(C)(C)CO. The van der Waals surface area contributed by atoms with E-state index in [1.807, 2.05) is 19.9 Å². The lowest BCUT2D eigenvalue weighted by Crippen LogP contribution is -2.42. The van der Waals surface area contributed by atoms with Gasteiger partial charge in [-0.05, 0) is 44.9 Å². The first-order chi connectivity index (χ1) is 7.89. The van der Waals surface area contributed by atoms with Crippen LogP contribution in [0.5, 0.6) is 5.75 Å². The topological polar surface area (TPSA) is 41.5 Å². The van der Waals surface area contributed by atoms with Crippen LogP contribution in [0.1, 0.15) is 30.5 Å².